The quantitative estimate of drug-likeness (QED) is 0.157. The second-order valence-corrected chi connectivity index (χ2v) is 8.40. The van der Waals surface area contributed by atoms with E-state index >= 15 is 0 Å². The Balaban J connectivity index is 5.57. The summed E-state index contributed by atoms with van der Waals surface area (Å²) in [5.41, 5.74) is 11.1. The Morgan fingerprint density at radius 2 is 1.41 bits per heavy atom. The van der Waals surface area contributed by atoms with Crippen LogP contribution in [0.4, 0.5) is 0 Å². The fraction of sp³-hybridized carbons (Fsp3) is 0.750. The van der Waals surface area contributed by atoms with E-state index in [1.165, 1.54) is 0 Å². The summed E-state index contributed by atoms with van der Waals surface area (Å²) in [4.78, 5) is 60.5. The van der Waals surface area contributed by atoms with Gasteiger partial charge in [0.05, 0.1) is 18.6 Å². The number of carbonyl (C=O) groups excluding carboxylic acids is 4. The van der Waals surface area contributed by atoms with Crippen LogP contribution in [0.1, 0.15) is 53.9 Å². The van der Waals surface area contributed by atoms with E-state index in [4.69, 9.17) is 16.6 Å². The summed E-state index contributed by atoms with van der Waals surface area (Å²) in [5.74, 6) is -4.90. The smallest absolute Gasteiger partial charge is 0.328 e. The van der Waals surface area contributed by atoms with Gasteiger partial charge in [-0.3, -0.25) is 19.2 Å². The molecule has 0 aliphatic rings. The van der Waals surface area contributed by atoms with E-state index in [1.54, 1.807) is 13.8 Å². The van der Waals surface area contributed by atoms with Crippen LogP contribution >= 0.6 is 0 Å². The minimum Gasteiger partial charge on any atom is -0.480 e. The number of hydrogen-bond donors (Lipinski definition) is 7. The maximum absolute atomic E-state index is 12.9. The normalized spacial score (nSPS) is 16.8. The van der Waals surface area contributed by atoms with Crippen molar-refractivity contribution in [1.82, 2.24) is 16.0 Å². The van der Waals surface area contributed by atoms with E-state index < -0.39 is 66.3 Å². The topological polar surface area (TPSA) is 214 Å². The third kappa shape index (κ3) is 10.1. The molecule has 0 aliphatic heterocycles. The monoisotopic (exact) mass is 459 g/mol. The van der Waals surface area contributed by atoms with Crippen molar-refractivity contribution in [3.8, 4) is 0 Å². The minimum absolute atomic E-state index is 0.159. The van der Waals surface area contributed by atoms with Crippen LogP contribution in [0.3, 0.4) is 0 Å². The number of nitrogens with one attached hydrogen (secondary N) is 3. The number of aliphatic hydroxyl groups excluding tert-OH is 1. The number of carboxylic acids is 1. The molecule has 12 nitrogen and oxygen atoms in total. The zero-order chi connectivity index (χ0) is 25.2. The van der Waals surface area contributed by atoms with Crippen LogP contribution < -0.4 is 27.4 Å². The molecule has 0 heterocycles. The molecule has 0 aromatic rings. The maximum atomic E-state index is 12.9. The van der Waals surface area contributed by atoms with E-state index in [2.05, 4.69) is 16.0 Å². The van der Waals surface area contributed by atoms with Crippen molar-refractivity contribution >= 4 is 29.6 Å². The molecule has 0 saturated carbocycles. The van der Waals surface area contributed by atoms with Gasteiger partial charge < -0.3 is 37.6 Å². The molecule has 6 unspecified atom stereocenters. The number of aliphatic hydroxyl groups is 1. The zero-order valence-corrected chi connectivity index (χ0v) is 19.3. The molecular weight excluding hydrogens is 422 g/mol. The van der Waals surface area contributed by atoms with Gasteiger partial charge in [0, 0.05) is 0 Å². The van der Waals surface area contributed by atoms with Crippen LogP contribution in [0.5, 0.6) is 0 Å². The first-order valence-corrected chi connectivity index (χ1v) is 10.6. The highest BCUT2D eigenvalue weighted by atomic mass is 16.4. The molecule has 0 spiro atoms. The zero-order valence-electron chi connectivity index (χ0n) is 19.3. The molecule has 12 heteroatoms. The average molecular weight is 460 g/mol. The van der Waals surface area contributed by atoms with E-state index in [-0.39, 0.29) is 11.8 Å². The van der Waals surface area contributed by atoms with E-state index in [0.29, 0.717) is 12.8 Å². The Morgan fingerprint density at radius 3 is 1.81 bits per heavy atom. The average Bonchev–Trinajstić information content (AvgIpc) is 2.66. The van der Waals surface area contributed by atoms with E-state index in [1.807, 2.05) is 13.8 Å². The van der Waals surface area contributed by atoms with Crippen molar-refractivity contribution in [2.24, 2.45) is 23.3 Å². The third-order valence-electron chi connectivity index (χ3n) is 4.94. The molecule has 0 fully saturated rings. The number of amides is 4. The Labute approximate surface area is 187 Å². The SMILES string of the molecule is CCC(C)C(NC(=O)C(N)CC(C)C)C(=O)NC(CC(N)=O)C(=O)NC(C(=O)O)C(C)O. The summed E-state index contributed by atoms with van der Waals surface area (Å²) in [6, 6.07) is -5.05. The predicted octanol–water partition coefficient (Wildman–Crippen LogP) is -1.80. The molecule has 0 rings (SSSR count). The minimum atomic E-state index is -1.66. The van der Waals surface area contributed by atoms with Crippen molar-refractivity contribution < 1.29 is 34.2 Å². The van der Waals surface area contributed by atoms with Gasteiger partial charge in [-0.25, -0.2) is 4.79 Å². The molecule has 4 amide bonds. The third-order valence-corrected chi connectivity index (χ3v) is 4.94. The Bertz CT molecular complexity index is 683. The number of primary amides is 1. The highest BCUT2D eigenvalue weighted by Crippen LogP contribution is 2.11. The van der Waals surface area contributed by atoms with Gasteiger partial charge >= 0.3 is 5.97 Å². The molecule has 32 heavy (non-hydrogen) atoms. The molecule has 0 aromatic carbocycles. The van der Waals surface area contributed by atoms with E-state index in [9.17, 15) is 29.1 Å². The van der Waals surface area contributed by atoms with Crippen molar-refractivity contribution in [1.29, 1.82) is 0 Å². The van der Waals surface area contributed by atoms with Gasteiger partial charge in [-0.15, -0.1) is 0 Å². The molecule has 0 saturated heterocycles. The van der Waals surface area contributed by atoms with Crippen LogP contribution in [-0.2, 0) is 24.0 Å². The predicted molar refractivity (Wildman–Crippen MR) is 116 cm³/mol. The van der Waals surface area contributed by atoms with Gasteiger partial charge in [0.25, 0.3) is 0 Å². The molecule has 6 atom stereocenters. The van der Waals surface area contributed by atoms with E-state index in [0.717, 1.165) is 6.92 Å². The van der Waals surface area contributed by atoms with Gasteiger partial charge in [0.1, 0.15) is 12.1 Å². The summed E-state index contributed by atoms with van der Waals surface area (Å²) >= 11 is 0. The lowest BCUT2D eigenvalue weighted by molar-refractivity contribution is -0.145. The molecule has 184 valence electrons. The Hall–Kier alpha value is -2.73. The van der Waals surface area contributed by atoms with Gasteiger partial charge in [0.15, 0.2) is 6.04 Å². The number of nitrogens with two attached hydrogens (primary N) is 2. The van der Waals surface area contributed by atoms with Crippen molar-refractivity contribution in [3.63, 3.8) is 0 Å². The van der Waals surface area contributed by atoms with Crippen LogP contribution in [-0.4, -0.2) is 70.1 Å². The van der Waals surface area contributed by atoms with Gasteiger partial charge in [-0.05, 0) is 25.2 Å². The molecule has 0 aliphatic carbocycles. The summed E-state index contributed by atoms with van der Waals surface area (Å²) in [6.07, 6.45) is -1.13. The first-order valence-electron chi connectivity index (χ1n) is 10.6. The summed E-state index contributed by atoms with van der Waals surface area (Å²) in [5, 5.41) is 25.7. The first kappa shape index (κ1) is 29.3. The lowest BCUT2D eigenvalue weighted by Crippen LogP contribution is -2.60. The highest BCUT2D eigenvalue weighted by Gasteiger charge is 2.34. The van der Waals surface area contributed by atoms with Crippen LogP contribution in [0.25, 0.3) is 0 Å². The Morgan fingerprint density at radius 1 is 0.875 bits per heavy atom. The highest BCUT2D eigenvalue weighted by molar-refractivity contribution is 5.96. The fourth-order valence-corrected chi connectivity index (χ4v) is 2.89. The second-order valence-electron chi connectivity index (χ2n) is 8.40. The molecule has 0 bridgehead atoms. The van der Waals surface area contributed by atoms with Crippen molar-refractivity contribution in [3.05, 3.63) is 0 Å². The second kappa shape index (κ2) is 13.6. The van der Waals surface area contributed by atoms with Gasteiger partial charge in [0.2, 0.25) is 23.6 Å². The fourth-order valence-electron chi connectivity index (χ4n) is 2.89. The van der Waals surface area contributed by atoms with Crippen molar-refractivity contribution in [2.75, 3.05) is 0 Å². The summed E-state index contributed by atoms with van der Waals surface area (Å²) in [6.45, 7) is 8.48. The number of aliphatic carboxylic acids is 1. The standard InChI is InChI=1S/C20H37N5O7/c1-6-10(4)15(24-17(28)12(21)7-9(2)3)19(30)23-13(8-14(22)27)18(29)25-16(11(5)26)20(31)32/h9-13,15-16,26H,6-8,21H2,1-5H3,(H2,22,27)(H,23,30)(H,24,28)(H,25,29)(H,31,32). The number of carbonyl (C=O) groups is 5. The number of carboxylic acid groups (broad SMARTS) is 1. The largest absolute Gasteiger partial charge is 0.480 e. The number of hydrogen-bond acceptors (Lipinski definition) is 7. The molecular formula is C20H37N5O7. The summed E-state index contributed by atoms with van der Waals surface area (Å²) in [7, 11) is 0. The van der Waals surface area contributed by atoms with Crippen LogP contribution in [0, 0.1) is 11.8 Å². The van der Waals surface area contributed by atoms with Gasteiger partial charge in [-0.1, -0.05) is 34.1 Å². The molecule has 0 aromatic heterocycles. The first-order chi connectivity index (χ1) is 14.7. The molecule has 0 radical (unpaired) electrons. The summed E-state index contributed by atoms with van der Waals surface area (Å²) < 4.78 is 0. The Kier molecular flexibility index (Phi) is 12.5. The van der Waals surface area contributed by atoms with Crippen molar-refractivity contribution in [2.45, 2.75) is 84.2 Å². The molecule has 9 N–H and O–H groups in total. The number of rotatable bonds is 14. The lowest BCUT2D eigenvalue weighted by atomic mass is 9.96. The van der Waals surface area contributed by atoms with Gasteiger partial charge in [-0.2, -0.15) is 0 Å². The lowest BCUT2D eigenvalue weighted by Gasteiger charge is -2.28. The maximum Gasteiger partial charge on any atom is 0.328 e. The van der Waals surface area contributed by atoms with Crippen LogP contribution in [0.15, 0.2) is 0 Å². The van der Waals surface area contributed by atoms with Crippen LogP contribution in [0.2, 0.25) is 0 Å².